The molecule has 0 aromatic rings. The lowest BCUT2D eigenvalue weighted by Gasteiger charge is -2.31. The van der Waals surface area contributed by atoms with Gasteiger partial charge in [-0.3, -0.25) is 4.90 Å². The SMILES string of the molecule is CCCN(CC1CCCNC1)CC1CC(F)(F)C(=O)O1. The van der Waals surface area contributed by atoms with Gasteiger partial charge in [0.2, 0.25) is 0 Å². The number of alkyl halides is 2. The zero-order chi connectivity index (χ0) is 14.6. The molecule has 0 aliphatic carbocycles. The van der Waals surface area contributed by atoms with Crippen molar-refractivity contribution in [2.24, 2.45) is 5.92 Å². The molecule has 2 aliphatic rings. The maximum atomic E-state index is 13.2. The second-order valence-electron chi connectivity index (χ2n) is 5.91. The molecule has 0 amide bonds. The number of nitrogens with zero attached hydrogens (tertiary/aromatic N) is 1. The average Bonchev–Trinajstić information content (AvgIpc) is 2.64. The van der Waals surface area contributed by atoms with Crippen LogP contribution in [0.4, 0.5) is 8.78 Å². The second-order valence-corrected chi connectivity index (χ2v) is 5.91. The minimum Gasteiger partial charge on any atom is -0.456 e. The first-order valence-corrected chi connectivity index (χ1v) is 7.53. The Morgan fingerprint density at radius 1 is 1.45 bits per heavy atom. The Balaban J connectivity index is 1.84. The van der Waals surface area contributed by atoms with Gasteiger partial charge >= 0.3 is 11.9 Å². The summed E-state index contributed by atoms with van der Waals surface area (Å²) in [7, 11) is 0. The van der Waals surface area contributed by atoms with E-state index in [0.29, 0.717) is 12.5 Å². The van der Waals surface area contributed by atoms with E-state index in [4.69, 9.17) is 4.74 Å². The molecule has 116 valence electrons. The average molecular weight is 290 g/mol. The van der Waals surface area contributed by atoms with E-state index in [-0.39, 0.29) is 0 Å². The molecular formula is C14H24F2N2O2. The van der Waals surface area contributed by atoms with Crippen LogP contribution in [0, 0.1) is 5.92 Å². The molecule has 2 aliphatic heterocycles. The number of ether oxygens (including phenoxy) is 1. The van der Waals surface area contributed by atoms with Crippen molar-refractivity contribution in [2.75, 3.05) is 32.7 Å². The fourth-order valence-electron chi connectivity index (χ4n) is 3.06. The molecule has 2 rings (SSSR count). The second kappa shape index (κ2) is 6.80. The molecular weight excluding hydrogens is 266 g/mol. The zero-order valence-electron chi connectivity index (χ0n) is 12.0. The van der Waals surface area contributed by atoms with Crippen molar-refractivity contribution in [2.45, 2.75) is 44.6 Å². The molecule has 0 spiro atoms. The van der Waals surface area contributed by atoms with Gasteiger partial charge < -0.3 is 10.1 Å². The highest BCUT2D eigenvalue weighted by molar-refractivity contribution is 5.79. The van der Waals surface area contributed by atoms with E-state index in [2.05, 4.69) is 17.1 Å². The Morgan fingerprint density at radius 3 is 2.80 bits per heavy atom. The van der Waals surface area contributed by atoms with Gasteiger partial charge in [-0.15, -0.1) is 0 Å². The van der Waals surface area contributed by atoms with Crippen LogP contribution in [-0.2, 0) is 9.53 Å². The maximum absolute atomic E-state index is 13.2. The number of hydrogen-bond donors (Lipinski definition) is 1. The lowest BCUT2D eigenvalue weighted by Crippen LogP contribution is -2.41. The van der Waals surface area contributed by atoms with Crippen molar-refractivity contribution in [3.63, 3.8) is 0 Å². The highest BCUT2D eigenvalue weighted by atomic mass is 19.3. The molecule has 2 fully saturated rings. The number of hydrogen-bond acceptors (Lipinski definition) is 4. The fourth-order valence-corrected chi connectivity index (χ4v) is 3.06. The monoisotopic (exact) mass is 290 g/mol. The Bertz CT molecular complexity index is 333. The van der Waals surface area contributed by atoms with Crippen LogP contribution < -0.4 is 5.32 Å². The quantitative estimate of drug-likeness (QED) is 0.755. The third kappa shape index (κ3) is 4.12. The normalized spacial score (nSPS) is 29.7. The van der Waals surface area contributed by atoms with E-state index in [0.717, 1.165) is 32.6 Å². The Kier molecular flexibility index (Phi) is 5.32. The highest BCUT2D eigenvalue weighted by Crippen LogP contribution is 2.31. The molecule has 0 saturated carbocycles. The summed E-state index contributed by atoms with van der Waals surface area (Å²) >= 11 is 0. The standard InChI is InChI=1S/C14H24F2N2O2/c1-2-6-18(9-11-4-3-5-17-8-11)10-12-7-14(15,16)13(19)20-12/h11-12,17H,2-10H2,1H3. The van der Waals surface area contributed by atoms with Gasteiger partial charge in [0.05, 0.1) is 6.42 Å². The minimum absolute atomic E-state index is 0.422. The molecule has 0 aromatic carbocycles. The molecule has 2 unspecified atom stereocenters. The topological polar surface area (TPSA) is 41.6 Å². The smallest absolute Gasteiger partial charge is 0.377 e. The molecule has 6 heteroatoms. The predicted octanol–water partition coefficient (Wildman–Crippen LogP) is 1.65. The number of nitrogens with one attached hydrogen (secondary N) is 1. The summed E-state index contributed by atoms with van der Waals surface area (Å²) in [6.07, 6.45) is 2.17. The first-order valence-electron chi connectivity index (χ1n) is 7.53. The first-order chi connectivity index (χ1) is 9.51. The summed E-state index contributed by atoms with van der Waals surface area (Å²) in [6.45, 7) is 6.29. The summed E-state index contributed by atoms with van der Waals surface area (Å²) in [5.74, 6) is -4.10. The van der Waals surface area contributed by atoms with Crippen LogP contribution in [0.15, 0.2) is 0 Å². The van der Waals surface area contributed by atoms with Crippen LogP contribution in [0.3, 0.4) is 0 Å². The molecule has 2 heterocycles. The third-order valence-electron chi connectivity index (χ3n) is 3.97. The molecule has 4 nitrogen and oxygen atoms in total. The summed E-state index contributed by atoms with van der Waals surface area (Å²) in [4.78, 5) is 13.2. The van der Waals surface area contributed by atoms with Crippen LogP contribution in [0.25, 0.3) is 0 Å². The largest absolute Gasteiger partial charge is 0.456 e. The van der Waals surface area contributed by atoms with Gasteiger partial charge in [0.25, 0.3) is 0 Å². The summed E-state index contributed by atoms with van der Waals surface area (Å²) in [5, 5.41) is 3.36. The summed E-state index contributed by atoms with van der Waals surface area (Å²) in [5.41, 5.74) is 0. The van der Waals surface area contributed by atoms with Gasteiger partial charge in [-0.1, -0.05) is 6.92 Å². The Hall–Kier alpha value is -0.750. The maximum Gasteiger partial charge on any atom is 0.377 e. The number of cyclic esters (lactones) is 1. The molecule has 2 atom stereocenters. The molecule has 0 radical (unpaired) electrons. The first kappa shape index (κ1) is 15.6. The molecule has 0 aromatic heterocycles. The van der Waals surface area contributed by atoms with Gasteiger partial charge in [0.15, 0.2) is 0 Å². The van der Waals surface area contributed by atoms with Gasteiger partial charge in [-0.25, -0.2) is 4.79 Å². The van der Waals surface area contributed by atoms with E-state index in [1.54, 1.807) is 0 Å². The van der Waals surface area contributed by atoms with Crippen molar-refractivity contribution >= 4 is 5.97 Å². The molecule has 0 bridgehead atoms. The fraction of sp³-hybridized carbons (Fsp3) is 0.929. The minimum atomic E-state index is -3.30. The van der Waals surface area contributed by atoms with Crippen LogP contribution in [0.5, 0.6) is 0 Å². The van der Waals surface area contributed by atoms with Crippen LogP contribution in [-0.4, -0.2) is 55.6 Å². The Morgan fingerprint density at radius 2 is 2.25 bits per heavy atom. The third-order valence-corrected chi connectivity index (χ3v) is 3.97. The van der Waals surface area contributed by atoms with Gasteiger partial charge in [-0.2, -0.15) is 8.78 Å². The van der Waals surface area contributed by atoms with Gasteiger partial charge in [0, 0.05) is 13.1 Å². The number of carbonyl (C=O) groups is 1. The van der Waals surface area contributed by atoms with E-state index < -0.39 is 24.4 Å². The number of halogens is 2. The van der Waals surface area contributed by atoms with Gasteiger partial charge in [-0.05, 0) is 44.8 Å². The summed E-state index contributed by atoms with van der Waals surface area (Å²) < 4.78 is 31.2. The van der Waals surface area contributed by atoms with E-state index in [1.807, 2.05) is 0 Å². The lowest BCUT2D eigenvalue weighted by atomic mass is 9.98. The van der Waals surface area contributed by atoms with E-state index in [9.17, 15) is 13.6 Å². The predicted molar refractivity (Wildman–Crippen MR) is 71.8 cm³/mol. The number of carbonyl (C=O) groups excluding carboxylic acids is 1. The van der Waals surface area contributed by atoms with Gasteiger partial charge in [0.1, 0.15) is 6.10 Å². The van der Waals surface area contributed by atoms with Crippen molar-refractivity contribution in [1.82, 2.24) is 10.2 Å². The number of piperidine rings is 1. The molecule has 2 saturated heterocycles. The molecule has 1 N–H and O–H groups in total. The van der Waals surface area contributed by atoms with Crippen LogP contribution in [0.1, 0.15) is 32.6 Å². The van der Waals surface area contributed by atoms with E-state index >= 15 is 0 Å². The van der Waals surface area contributed by atoms with Crippen LogP contribution in [0.2, 0.25) is 0 Å². The van der Waals surface area contributed by atoms with E-state index in [1.165, 1.54) is 12.8 Å². The molecule has 20 heavy (non-hydrogen) atoms. The Labute approximate surface area is 118 Å². The van der Waals surface area contributed by atoms with Crippen LogP contribution >= 0.6 is 0 Å². The zero-order valence-corrected chi connectivity index (χ0v) is 12.0. The van der Waals surface area contributed by atoms with Crippen molar-refractivity contribution in [1.29, 1.82) is 0 Å². The lowest BCUT2D eigenvalue weighted by molar-refractivity contribution is -0.159. The summed E-state index contributed by atoms with van der Waals surface area (Å²) in [6, 6.07) is 0. The van der Waals surface area contributed by atoms with Crippen molar-refractivity contribution < 1.29 is 18.3 Å². The van der Waals surface area contributed by atoms with Crippen molar-refractivity contribution in [3.05, 3.63) is 0 Å². The number of rotatable bonds is 6. The number of esters is 1. The van der Waals surface area contributed by atoms with Crippen molar-refractivity contribution in [3.8, 4) is 0 Å². The highest BCUT2D eigenvalue weighted by Gasteiger charge is 2.50.